The standard InChI is InChI=1S/C14H18N2O2/c1-9(15-3)14(18)12-4-5-13-11(8-12)6-7-16(13)10(2)17/h4-5,8-9,15H,6-7H2,1-3H3. The summed E-state index contributed by atoms with van der Waals surface area (Å²) in [5, 5.41) is 2.94. The molecule has 1 aromatic carbocycles. The first-order valence-corrected chi connectivity index (χ1v) is 6.17. The molecule has 0 saturated heterocycles. The van der Waals surface area contributed by atoms with Gasteiger partial charge in [-0.1, -0.05) is 0 Å². The van der Waals surface area contributed by atoms with E-state index in [1.54, 1.807) is 24.9 Å². The number of amides is 1. The zero-order valence-corrected chi connectivity index (χ0v) is 11.0. The number of nitrogens with one attached hydrogen (secondary N) is 1. The fraction of sp³-hybridized carbons (Fsp3) is 0.429. The van der Waals surface area contributed by atoms with Gasteiger partial charge in [0.1, 0.15) is 0 Å². The van der Waals surface area contributed by atoms with Gasteiger partial charge in [-0.25, -0.2) is 0 Å². The summed E-state index contributed by atoms with van der Waals surface area (Å²) >= 11 is 0. The van der Waals surface area contributed by atoms with Crippen molar-refractivity contribution in [3.05, 3.63) is 29.3 Å². The number of ketones is 1. The van der Waals surface area contributed by atoms with Crippen LogP contribution in [0.1, 0.15) is 29.8 Å². The molecule has 0 aromatic heterocycles. The largest absolute Gasteiger partial charge is 0.312 e. The van der Waals surface area contributed by atoms with Crippen LogP contribution in [-0.2, 0) is 11.2 Å². The number of hydrogen-bond acceptors (Lipinski definition) is 3. The average Bonchev–Trinajstić information content (AvgIpc) is 2.79. The van der Waals surface area contributed by atoms with E-state index in [1.807, 2.05) is 19.1 Å². The number of carbonyl (C=O) groups excluding carboxylic acids is 2. The van der Waals surface area contributed by atoms with Crippen molar-refractivity contribution in [2.45, 2.75) is 26.3 Å². The van der Waals surface area contributed by atoms with Gasteiger partial charge in [-0.3, -0.25) is 9.59 Å². The maximum Gasteiger partial charge on any atom is 0.223 e. The molecule has 0 aliphatic carbocycles. The fourth-order valence-electron chi connectivity index (χ4n) is 2.26. The number of Topliss-reactive ketones (excluding diaryl/α,β-unsaturated/α-hetero) is 1. The van der Waals surface area contributed by atoms with Crippen LogP contribution in [0.25, 0.3) is 0 Å². The molecule has 0 fully saturated rings. The maximum atomic E-state index is 12.0. The van der Waals surface area contributed by atoms with E-state index in [-0.39, 0.29) is 17.7 Å². The lowest BCUT2D eigenvalue weighted by molar-refractivity contribution is -0.116. The molecule has 4 heteroatoms. The van der Waals surface area contributed by atoms with Crippen LogP contribution in [0.15, 0.2) is 18.2 Å². The second-order valence-electron chi connectivity index (χ2n) is 4.64. The highest BCUT2D eigenvalue weighted by molar-refractivity contribution is 6.01. The van der Waals surface area contributed by atoms with Crippen molar-refractivity contribution in [1.82, 2.24) is 5.32 Å². The Morgan fingerprint density at radius 1 is 1.39 bits per heavy atom. The number of hydrogen-bond donors (Lipinski definition) is 1. The molecule has 1 aliphatic heterocycles. The van der Waals surface area contributed by atoms with Crippen LogP contribution >= 0.6 is 0 Å². The van der Waals surface area contributed by atoms with Gasteiger partial charge in [0.05, 0.1) is 6.04 Å². The summed E-state index contributed by atoms with van der Waals surface area (Å²) in [6, 6.07) is 5.40. The zero-order chi connectivity index (χ0) is 13.3. The number of fused-ring (bicyclic) bond motifs is 1. The Balaban J connectivity index is 2.30. The van der Waals surface area contributed by atoms with Crippen molar-refractivity contribution in [1.29, 1.82) is 0 Å². The van der Waals surface area contributed by atoms with E-state index in [9.17, 15) is 9.59 Å². The molecule has 4 nitrogen and oxygen atoms in total. The average molecular weight is 246 g/mol. The van der Waals surface area contributed by atoms with Gasteiger partial charge in [-0.15, -0.1) is 0 Å². The number of likely N-dealkylation sites (N-methyl/N-ethyl adjacent to an activating group) is 1. The Bertz CT molecular complexity index is 497. The quantitative estimate of drug-likeness (QED) is 0.820. The molecule has 96 valence electrons. The summed E-state index contributed by atoms with van der Waals surface area (Å²) < 4.78 is 0. The van der Waals surface area contributed by atoms with Crippen LogP contribution in [0.5, 0.6) is 0 Å². The minimum absolute atomic E-state index is 0.0522. The summed E-state index contributed by atoms with van der Waals surface area (Å²) in [6.07, 6.45) is 0.823. The molecule has 18 heavy (non-hydrogen) atoms. The number of nitrogens with zero attached hydrogens (tertiary/aromatic N) is 1. The number of anilines is 1. The molecule has 0 bridgehead atoms. The Labute approximate surface area is 107 Å². The number of benzene rings is 1. The predicted octanol–water partition coefficient (Wildman–Crippen LogP) is 1.39. The highest BCUT2D eigenvalue weighted by atomic mass is 16.2. The van der Waals surface area contributed by atoms with Gasteiger partial charge in [0, 0.05) is 24.7 Å². The van der Waals surface area contributed by atoms with Crippen molar-refractivity contribution in [2.75, 3.05) is 18.5 Å². The molecule has 1 unspecified atom stereocenters. The van der Waals surface area contributed by atoms with E-state index in [0.29, 0.717) is 12.1 Å². The first kappa shape index (κ1) is 12.8. The van der Waals surface area contributed by atoms with Crippen LogP contribution in [0.2, 0.25) is 0 Å². The topological polar surface area (TPSA) is 49.4 Å². The molecule has 1 atom stereocenters. The van der Waals surface area contributed by atoms with Gasteiger partial charge in [-0.05, 0) is 44.2 Å². The highest BCUT2D eigenvalue weighted by Gasteiger charge is 2.23. The SMILES string of the molecule is CNC(C)C(=O)c1ccc2c(c1)CCN2C(C)=O. The van der Waals surface area contributed by atoms with E-state index in [0.717, 1.165) is 17.7 Å². The molecular weight excluding hydrogens is 228 g/mol. The lowest BCUT2D eigenvalue weighted by Gasteiger charge is -2.15. The van der Waals surface area contributed by atoms with Gasteiger partial charge >= 0.3 is 0 Å². The third-order valence-corrected chi connectivity index (χ3v) is 3.47. The number of carbonyl (C=O) groups is 2. The molecule has 1 heterocycles. The van der Waals surface area contributed by atoms with Crippen LogP contribution in [0.3, 0.4) is 0 Å². The highest BCUT2D eigenvalue weighted by Crippen LogP contribution is 2.29. The smallest absolute Gasteiger partial charge is 0.223 e. The molecule has 1 amide bonds. The first-order chi connectivity index (χ1) is 8.54. The van der Waals surface area contributed by atoms with Crippen molar-refractivity contribution in [3.8, 4) is 0 Å². The van der Waals surface area contributed by atoms with E-state index in [1.165, 1.54) is 0 Å². The normalized spacial score (nSPS) is 15.4. The van der Waals surface area contributed by atoms with Crippen LogP contribution < -0.4 is 10.2 Å². The number of rotatable bonds is 3. The molecule has 0 spiro atoms. The third kappa shape index (κ3) is 2.16. The molecular formula is C14H18N2O2. The lowest BCUT2D eigenvalue weighted by atomic mass is 10.0. The van der Waals surface area contributed by atoms with Gasteiger partial charge in [0.2, 0.25) is 5.91 Å². The van der Waals surface area contributed by atoms with Crippen molar-refractivity contribution < 1.29 is 9.59 Å². The first-order valence-electron chi connectivity index (χ1n) is 6.17. The van der Waals surface area contributed by atoms with E-state index in [4.69, 9.17) is 0 Å². The summed E-state index contributed by atoms with van der Waals surface area (Å²) in [7, 11) is 1.77. The third-order valence-electron chi connectivity index (χ3n) is 3.47. The van der Waals surface area contributed by atoms with Crippen molar-refractivity contribution in [2.24, 2.45) is 0 Å². The summed E-state index contributed by atoms with van der Waals surface area (Å²) in [4.78, 5) is 25.2. The second-order valence-corrected chi connectivity index (χ2v) is 4.64. The van der Waals surface area contributed by atoms with Gasteiger partial charge < -0.3 is 10.2 Å². The molecule has 0 saturated carbocycles. The van der Waals surface area contributed by atoms with Gasteiger partial charge in [0.25, 0.3) is 0 Å². The summed E-state index contributed by atoms with van der Waals surface area (Å²) in [5.41, 5.74) is 2.73. The van der Waals surface area contributed by atoms with Crippen LogP contribution in [0, 0.1) is 0 Å². The fourth-order valence-corrected chi connectivity index (χ4v) is 2.26. The molecule has 1 N–H and O–H groups in total. The van der Waals surface area contributed by atoms with Crippen molar-refractivity contribution >= 4 is 17.4 Å². The molecule has 2 rings (SSSR count). The maximum absolute atomic E-state index is 12.0. The van der Waals surface area contributed by atoms with Crippen molar-refractivity contribution in [3.63, 3.8) is 0 Å². The van der Waals surface area contributed by atoms with Crippen LogP contribution in [0.4, 0.5) is 5.69 Å². The van der Waals surface area contributed by atoms with Gasteiger partial charge in [-0.2, -0.15) is 0 Å². The Kier molecular flexibility index (Phi) is 3.48. The molecule has 1 aliphatic rings. The zero-order valence-electron chi connectivity index (χ0n) is 11.0. The van der Waals surface area contributed by atoms with E-state index < -0.39 is 0 Å². The Morgan fingerprint density at radius 2 is 2.11 bits per heavy atom. The Hall–Kier alpha value is -1.68. The lowest BCUT2D eigenvalue weighted by Crippen LogP contribution is -2.30. The van der Waals surface area contributed by atoms with Crippen LogP contribution in [-0.4, -0.2) is 31.3 Å². The molecule has 0 radical (unpaired) electrons. The van der Waals surface area contributed by atoms with Gasteiger partial charge in [0.15, 0.2) is 5.78 Å². The molecule has 1 aromatic rings. The van der Waals surface area contributed by atoms with E-state index in [2.05, 4.69) is 5.32 Å². The predicted molar refractivity (Wildman–Crippen MR) is 71.0 cm³/mol. The summed E-state index contributed by atoms with van der Waals surface area (Å²) in [6.45, 7) is 4.12. The van der Waals surface area contributed by atoms with E-state index >= 15 is 0 Å². The Morgan fingerprint density at radius 3 is 2.72 bits per heavy atom. The monoisotopic (exact) mass is 246 g/mol. The second kappa shape index (κ2) is 4.90. The minimum Gasteiger partial charge on any atom is -0.312 e. The summed E-state index contributed by atoms with van der Waals surface area (Å²) in [5.74, 6) is 0.137. The minimum atomic E-state index is -0.187.